The Morgan fingerprint density at radius 1 is 1.43 bits per heavy atom. The van der Waals surface area contributed by atoms with Crippen LogP contribution in [0.25, 0.3) is 0 Å². The maximum Gasteiger partial charge on any atom is 0.255 e. The van der Waals surface area contributed by atoms with E-state index in [1.54, 1.807) is 12.5 Å². The van der Waals surface area contributed by atoms with E-state index in [9.17, 15) is 4.79 Å². The second kappa shape index (κ2) is 5.71. The highest BCUT2D eigenvalue weighted by molar-refractivity contribution is 5.96. The zero-order chi connectivity index (χ0) is 15.6. The van der Waals surface area contributed by atoms with Crippen LogP contribution in [0.2, 0.25) is 0 Å². The quantitative estimate of drug-likeness (QED) is 0.904. The van der Waals surface area contributed by atoms with E-state index in [0.717, 1.165) is 11.4 Å². The molecule has 2 heterocycles. The largest absolute Gasteiger partial charge is 0.347 e. The van der Waals surface area contributed by atoms with Gasteiger partial charge < -0.3 is 9.88 Å². The van der Waals surface area contributed by atoms with Gasteiger partial charge in [0.2, 0.25) is 0 Å². The number of hydrogen-bond acceptors (Lipinski definition) is 3. The first-order chi connectivity index (χ1) is 9.79. The van der Waals surface area contributed by atoms with Gasteiger partial charge in [-0.25, -0.2) is 4.98 Å². The van der Waals surface area contributed by atoms with Gasteiger partial charge in [0.15, 0.2) is 0 Å². The Morgan fingerprint density at radius 3 is 2.62 bits per heavy atom. The van der Waals surface area contributed by atoms with E-state index in [1.165, 1.54) is 0 Å². The maximum atomic E-state index is 12.5. The molecule has 0 aliphatic rings. The number of rotatable bonds is 4. The summed E-state index contributed by atoms with van der Waals surface area (Å²) in [6.07, 6.45) is 5.41. The van der Waals surface area contributed by atoms with Crippen LogP contribution in [0, 0.1) is 19.3 Å². The molecule has 6 heteroatoms. The van der Waals surface area contributed by atoms with Crippen molar-refractivity contribution < 1.29 is 4.79 Å². The third-order valence-electron chi connectivity index (χ3n) is 3.66. The molecule has 114 valence electrons. The van der Waals surface area contributed by atoms with Crippen molar-refractivity contribution in [1.82, 2.24) is 25.1 Å². The summed E-state index contributed by atoms with van der Waals surface area (Å²) in [6.45, 7) is 10.7. The molecule has 6 nitrogen and oxygen atoms in total. The Balaban J connectivity index is 2.17. The molecule has 0 spiro atoms. The van der Waals surface area contributed by atoms with Crippen molar-refractivity contribution in [2.24, 2.45) is 5.41 Å². The number of aromatic nitrogens is 4. The van der Waals surface area contributed by atoms with Crippen LogP contribution in [0.4, 0.5) is 0 Å². The fraction of sp³-hybridized carbons (Fsp3) is 0.533. The Morgan fingerprint density at radius 2 is 2.14 bits per heavy atom. The topological polar surface area (TPSA) is 75.6 Å². The monoisotopic (exact) mass is 289 g/mol. The van der Waals surface area contributed by atoms with Crippen LogP contribution in [-0.2, 0) is 6.54 Å². The van der Waals surface area contributed by atoms with Crippen LogP contribution in [0.3, 0.4) is 0 Å². The number of nitrogens with one attached hydrogen (secondary N) is 2. The molecule has 0 aromatic carbocycles. The molecule has 2 aromatic heterocycles. The van der Waals surface area contributed by atoms with Crippen LogP contribution in [-0.4, -0.2) is 31.7 Å². The second-order valence-corrected chi connectivity index (χ2v) is 6.46. The Hall–Kier alpha value is -2.11. The van der Waals surface area contributed by atoms with E-state index in [1.807, 2.05) is 24.6 Å². The van der Waals surface area contributed by atoms with E-state index in [0.29, 0.717) is 12.1 Å². The number of aryl methyl sites for hydroxylation is 2. The van der Waals surface area contributed by atoms with Crippen molar-refractivity contribution in [3.05, 3.63) is 35.7 Å². The third-order valence-corrected chi connectivity index (χ3v) is 3.66. The minimum Gasteiger partial charge on any atom is -0.347 e. The lowest BCUT2D eigenvalue weighted by atomic mass is 9.86. The average Bonchev–Trinajstić information content (AvgIpc) is 2.98. The lowest BCUT2D eigenvalue weighted by Crippen LogP contribution is -2.46. The molecular weight excluding hydrogens is 266 g/mol. The number of carbonyl (C=O) groups excluding carboxylic acids is 1. The van der Waals surface area contributed by atoms with Gasteiger partial charge in [0, 0.05) is 24.6 Å². The summed E-state index contributed by atoms with van der Waals surface area (Å²) in [7, 11) is 0. The zero-order valence-corrected chi connectivity index (χ0v) is 13.3. The summed E-state index contributed by atoms with van der Waals surface area (Å²) in [5.41, 5.74) is 2.08. The molecule has 1 amide bonds. The van der Waals surface area contributed by atoms with Crippen molar-refractivity contribution in [3.8, 4) is 0 Å². The fourth-order valence-electron chi connectivity index (χ4n) is 2.26. The molecule has 1 atom stereocenters. The van der Waals surface area contributed by atoms with E-state index >= 15 is 0 Å². The average molecular weight is 289 g/mol. The number of imidazole rings is 1. The fourth-order valence-corrected chi connectivity index (χ4v) is 2.26. The highest BCUT2D eigenvalue weighted by atomic mass is 16.1. The van der Waals surface area contributed by atoms with E-state index < -0.39 is 0 Å². The molecule has 0 saturated carbocycles. The van der Waals surface area contributed by atoms with Crippen LogP contribution in [0.15, 0.2) is 18.7 Å². The van der Waals surface area contributed by atoms with Gasteiger partial charge in [0.25, 0.3) is 5.91 Å². The number of amides is 1. The molecule has 0 aliphatic carbocycles. The van der Waals surface area contributed by atoms with Crippen molar-refractivity contribution in [3.63, 3.8) is 0 Å². The minimum absolute atomic E-state index is 0.00657. The Kier molecular flexibility index (Phi) is 4.16. The standard InChI is InChI=1S/C15H23N5O/c1-10-13(11(2)19-18-10)14(21)17-12(15(3,4)5)8-20-7-6-16-9-20/h6-7,9,12H,8H2,1-5H3,(H,17,21)(H,18,19). The molecular formula is C15H23N5O. The molecule has 21 heavy (non-hydrogen) atoms. The first kappa shape index (κ1) is 15.3. The van der Waals surface area contributed by atoms with Crippen molar-refractivity contribution >= 4 is 5.91 Å². The highest BCUT2D eigenvalue weighted by Crippen LogP contribution is 2.22. The second-order valence-electron chi connectivity index (χ2n) is 6.46. The molecule has 2 N–H and O–H groups in total. The maximum absolute atomic E-state index is 12.5. The Labute approximate surface area is 125 Å². The van der Waals surface area contributed by atoms with E-state index in [4.69, 9.17) is 0 Å². The van der Waals surface area contributed by atoms with Gasteiger partial charge >= 0.3 is 0 Å². The molecule has 0 radical (unpaired) electrons. The van der Waals surface area contributed by atoms with Gasteiger partial charge in [-0.15, -0.1) is 0 Å². The number of aromatic amines is 1. The number of hydrogen-bond donors (Lipinski definition) is 2. The Bertz CT molecular complexity index is 587. The lowest BCUT2D eigenvalue weighted by Gasteiger charge is -2.31. The lowest BCUT2D eigenvalue weighted by molar-refractivity contribution is 0.0891. The molecule has 2 rings (SSSR count). The predicted octanol–water partition coefficient (Wildman–Crippen LogP) is 2.07. The third kappa shape index (κ3) is 3.51. The molecule has 0 aliphatic heterocycles. The smallest absolute Gasteiger partial charge is 0.255 e. The SMILES string of the molecule is Cc1n[nH]c(C)c1C(=O)NC(Cn1ccnc1)C(C)(C)C. The van der Waals surface area contributed by atoms with Gasteiger partial charge in [-0.3, -0.25) is 9.89 Å². The number of carbonyl (C=O) groups is 1. The summed E-state index contributed by atoms with van der Waals surface area (Å²) in [5.74, 6) is -0.0845. The normalized spacial score (nSPS) is 13.2. The highest BCUT2D eigenvalue weighted by Gasteiger charge is 2.28. The summed E-state index contributed by atoms with van der Waals surface area (Å²) in [5, 5.41) is 10.1. The van der Waals surface area contributed by atoms with Gasteiger partial charge in [0.05, 0.1) is 23.6 Å². The summed E-state index contributed by atoms with van der Waals surface area (Å²) in [6, 6.07) is -0.00657. The summed E-state index contributed by atoms with van der Waals surface area (Å²) < 4.78 is 1.98. The van der Waals surface area contributed by atoms with Gasteiger partial charge in [-0.2, -0.15) is 5.10 Å². The van der Waals surface area contributed by atoms with E-state index in [2.05, 4.69) is 41.3 Å². The van der Waals surface area contributed by atoms with Crippen LogP contribution >= 0.6 is 0 Å². The number of H-pyrrole nitrogens is 1. The van der Waals surface area contributed by atoms with Crippen LogP contribution < -0.4 is 5.32 Å². The van der Waals surface area contributed by atoms with Gasteiger partial charge in [-0.05, 0) is 19.3 Å². The van der Waals surface area contributed by atoms with Gasteiger partial charge in [0.1, 0.15) is 0 Å². The molecule has 0 bridgehead atoms. The molecule has 0 saturated heterocycles. The minimum atomic E-state index is -0.0845. The first-order valence-electron chi connectivity index (χ1n) is 7.07. The summed E-state index contributed by atoms with van der Waals surface area (Å²) in [4.78, 5) is 16.6. The van der Waals surface area contributed by atoms with Crippen molar-refractivity contribution in [1.29, 1.82) is 0 Å². The first-order valence-corrected chi connectivity index (χ1v) is 7.07. The number of nitrogens with zero attached hydrogens (tertiary/aromatic N) is 3. The van der Waals surface area contributed by atoms with Crippen LogP contribution in [0.5, 0.6) is 0 Å². The molecule has 0 fully saturated rings. The van der Waals surface area contributed by atoms with E-state index in [-0.39, 0.29) is 17.4 Å². The zero-order valence-electron chi connectivity index (χ0n) is 13.3. The molecule has 2 aromatic rings. The van der Waals surface area contributed by atoms with Gasteiger partial charge in [-0.1, -0.05) is 20.8 Å². The van der Waals surface area contributed by atoms with Crippen molar-refractivity contribution in [2.75, 3.05) is 0 Å². The van der Waals surface area contributed by atoms with Crippen molar-refractivity contribution in [2.45, 2.75) is 47.2 Å². The van der Waals surface area contributed by atoms with Crippen LogP contribution in [0.1, 0.15) is 42.5 Å². The predicted molar refractivity (Wildman–Crippen MR) is 81.0 cm³/mol. The molecule has 1 unspecified atom stereocenters. The summed E-state index contributed by atoms with van der Waals surface area (Å²) >= 11 is 0.